The first-order chi connectivity index (χ1) is 9.58. The number of nitro benzene ring substituents is 1. The lowest BCUT2D eigenvalue weighted by molar-refractivity contribution is -0.384. The van der Waals surface area contributed by atoms with Crippen LogP contribution in [0.3, 0.4) is 0 Å². The Labute approximate surface area is 117 Å². The number of nitrogens with zero attached hydrogens (tertiary/aromatic N) is 3. The number of hydrogen-bond donors (Lipinski definition) is 1. The highest BCUT2D eigenvalue weighted by Gasteiger charge is 2.10. The summed E-state index contributed by atoms with van der Waals surface area (Å²) >= 11 is 0. The third-order valence-electron chi connectivity index (χ3n) is 3.09. The molecular formula is C14H16N4O2. The maximum atomic E-state index is 10.6. The zero-order valence-electron chi connectivity index (χ0n) is 11.4. The highest BCUT2D eigenvalue weighted by molar-refractivity contribution is 5.32. The minimum absolute atomic E-state index is 0.0684. The van der Waals surface area contributed by atoms with Gasteiger partial charge >= 0.3 is 0 Å². The molecule has 1 N–H and O–H groups in total. The standard InChI is InChI=1S/C14H16N4O2/c1-10-14(16-8-7-15-10)11(2)17-9-12-3-5-13(6-4-12)18(19)20/h3-8,11,17H,9H2,1-2H3. The molecule has 0 amide bonds. The molecule has 2 rings (SSSR count). The van der Waals surface area contributed by atoms with Crippen molar-refractivity contribution in [1.82, 2.24) is 15.3 Å². The van der Waals surface area contributed by atoms with E-state index in [4.69, 9.17) is 0 Å². The summed E-state index contributed by atoms with van der Waals surface area (Å²) in [6, 6.07) is 6.59. The van der Waals surface area contributed by atoms with Crippen LogP contribution in [0.5, 0.6) is 0 Å². The molecule has 0 saturated carbocycles. The molecule has 6 nitrogen and oxygen atoms in total. The molecule has 1 aromatic heterocycles. The van der Waals surface area contributed by atoms with Gasteiger partial charge in [-0.25, -0.2) is 0 Å². The van der Waals surface area contributed by atoms with E-state index in [1.54, 1.807) is 24.5 Å². The monoisotopic (exact) mass is 272 g/mol. The summed E-state index contributed by atoms with van der Waals surface area (Å²) in [6.07, 6.45) is 3.34. The van der Waals surface area contributed by atoms with E-state index in [0.717, 1.165) is 17.0 Å². The quantitative estimate of drug-likeness (QED) is 0.668. The number of nitro groups is 1. The summed E-state index contributed by atoms with van der Waals surface area (Å²) < 4.78 is 0. The predicted molar refractivity (Wildman–Crippen MR) is 75.1 cm³/mol. The van der Waals surface area contributed by atoms with Gasteiger partial charge in [-0.1, -0.05) is 12.1 Å². The van der Waals surface area contributed by atoms with E-state index in [1.165, 1.54) is 12.1 Å². The summed E-state index contributed by atoms with van der Waals surface area (Å²) in [5.74, 6) is 0. The van der Waals surface area contributed by atoms with Crippen LogP contribution in [-0.2, 0) is 6.54 Å². The van der Waals surface area contributed by atoms with Crippen molar-refractivity contribution in [2.45, 2.75) is 26.4 Å². The molecule has 1 heterocycles. The SMILES string of the molecule is Cc1nccnc1C(C)NCc1ccc([N+](=O)[O-])cc1. The maximum absolute atomic E-state index is 10.6. The van der Waals surface area contributed by atoms with Gasteiger partial charge in [0.2, 0.25) is 0 Å². The molecule has 0 fully saturated rings. The van der Waals surface area contributed by atoms with E-state index in [-0.39, 0.29) is 11.7 Å². The highest BCUT2D eigenvalue weighted by atomic mass is 16.6. The van der Waals surface area contributed by atoms with Crippen LogP contribution in [0.4, 0.5) is 5.69 Å². The molecule has 6 heteroatoms. The van der Waals surface area contributed by atoms with E-state index in [0.29, 0.717) is 6.54 Å². The van der Waals surface area contributed by atoms with E-state index in [2.05, 4.69) is 15.3 Å². The molecule has 0 aliphatic heterocycles. The molecule has 104 valence electrons. The van der Waals surface area contributed by atoms with E-state index < -0.39 is 4.92 Å². The fourth-order valence-corrected chi connectivity index (χ4v) is 1.95. The van der Waals surface area contributed by atoms with Gasteiger partial charge in [-0.3, -0.25) is 20.1 Å². The zero-order valence-corrected chi connectivity index (χ0v) is 11.4. The Morgan fingerprint density at radius 2 is 1.90 bits per heavy atom. The van der Waals surface area contributed by atoms with Crippen molar-refractivity contribution in [2.75, 3.05) is 0 Å². The number of hydrogen-bond acceptors (Lipinski definition) is 5. The minimum Gasteiger partial charge on any atom is -0.305 e. The molecule has 0 spiro atoms. The van der Waals surface area contributed by atoms with Crippen molar-refractivity contribution in [3.8, 4) is 0 Å². The summed E-state index contributed by atoms with van der Waals surface area (Å²) in [7, 11) is 0. The zero-order chi connectivity index (χ0) is 14.5. The number of aryl methyl sites for hydroxylation is 1. The van der Waals surface area contributed by atoms with Gasteiger partial charge in [0.15, 0.2) is 0 Å². The number of aromatic nitrogens is 2. The summed E-state index contributed by atoms with van der Waals surface area (Å²) in [4.78, 5) is 18.7. The molecule has 0 radical (unpaired) electrons. The first-order valence-corrected chi connectivity index (χ1v) is 6.32. The molecule has 0 bridgehead atoms. The maximum Gasteiger partial charge on any atom is 0.269 e. The Bertz CT molecular complexity index is 598. The Morgan fingerprint density at radius 3 is 2.50 bits per heavy atom. The van der Waals surface area contributed by atoms with Gasteiger partial charge in [-0.2, -0.15) is 0 Å². The molecule has 0 aliphatic rings. The number of rotatable bonds is 5. The van der Waals surface area contributed by atoms with Crippen LogP contribution in [-0.4, -0.2) is 14.9 Å². The highest BCUT2D eigenvalue weighted by Crippen LogP contribution is 2.15. The van der Waals surface area contributed by atoms with Gasteiger partial charge in [0.1, 0.15) is 0 Å². The van der Waals surface area contributed by atoms with Crippen LogP contribution in [0.15, 0.2) is 36.7 Å². The van der Waals surface area contributed by atoms with Gasteiger partial charge in [0, 0.05) is 37.1 Å². The fraction of sp³-hybridized carbons (Fsp3) is 0.286. The van der Waals surface area contributed by atoms with E-state index in [1.807, 2.05) is 13.8 Å². The molecule has 0 aliphatic carbocycles. The van der Waals surface area contributed by atoms with Crippen molar-refractivity contribution < 1.29 is 4.92 Å². The molecule has 1 atom stereocenters. The third kappa shape index (κ3) is 3.36. The smallest absolute Gasteiger partial charge is 0.269 e. The lowest BCUT2D eigenvalue weighted by Gasteiger charge is -2.14. The Morgan fingerprint density at radius 1 is 1.25 bits per heavy atom. The molecule has 0 saturated heterocycles. The van der Waals surface area contributed by atoms with Crippen LogP contribution in [0.25, 0.3) is 0 Å². The molecule has 20 heavy (non-hydrogen) atoms. The third-order valence-corrected chi connectivity index (χ3v) is 3.09. The fourth-order valence-electron chi connectivity index (χ4n) is 1.95. The number of benzene rings is 1. The van der Waals surface area contributed by atoms with E-state index in [9.17, 15) is 10.1 Å². The predicted octanol–water partition coefficient (Wildman–Crippen LogP) is 2.54. The molecular weight excluding hydrogens is 256 g/mol. The molecule has 1 aromatic carbocycles. The summed E-state index contributed by atoms with van der Waals surface area (Å²) in [5.41, 5.74) is 2.90. The topological polar surface area (TPSA) is 81.0 Å². The first-order valence-electron chi connectivity index (χ1n) is 6.32. The van der Waals surface area contributed by atoms with Crippen LogP contribution in [0.2, 0.25) is 0 Å². The van der Waals surface area contributed by atoms with Crippen molar-refractivity contribution in [2.24, 2.45) is 0 Å². The van der Waals surface area contributed by atoms with Crippen molar-refractivity contribution in [3.05, 3.63) is 63.7 Å². The number of nitrogens with one attached hydrogen (secondary N) is 1. The van der Waals surface area contributed by atoms with Gasteiger partial charge in [-0.15, -0.1) is 0 Å². The van der Waals surface area contributed by atoms with Gasteiger partial charge in [0.25, 0.3) is 5.69 Å². The minimum atomic E-state index is -0.400. The average molecular weight is 272 g/mol. The van der Waals surface area contributed by atoms with Gasteiger partial charge in [0.05, 0.1) is 16.3 Å². The van der Waals surface area contributed by atoms with Crippen LogP contribution < -0.4 is 5.32 Å². The second kappa shape index (κ2) is 6.21. The first kappa shape index (κ1) is 14.1. The largest absolute Gasteiger partial charge is 0.305 e. The number of non-ortho nitro benzene ring substituents is 1. The van der Waals surface area contributed by atoms with Crippen LogP contribution in [0, 0.1) is 17.0 Å². The lowest BCUT2D eigenvalue weighted by atomic mass is 10.1. The van der Waals surface area contributed by atoms with Crippen molar-refractivity contribution >= 4 is 5.69 Å². The second-order valence-corrected chi connectivity index (χ2v) is 4.55. The Kier molecular flexibility index (Phi) is 4.37. The van der Waals surface area contributed by atoms with Crippen molar-refractivity contribution in [1.29, 1.82) is 0 Å². The molecule has 2 aromatic rings. The normalized spacial score (nSPS) is 12.1. The van der Waals surface area contributed by atoms with Gasteiger partial charge < -0.3 is 5.32 Å². The van der Waals surface area contributed by atoms with Crippen molar-refractivity contribution in [3.63, 3.8) is 0 Å². The average Bonchev–Trinajstić information content (AvgIpc) is 2.45. The Balaban J connectivity index is 1.98. The lowest BCUT2D eigenvalue weighted by Crippen LogP contribution is -2.20. The molecule has 1 unspecified atom stereocenters. The van der Waals surface area contributed by atoms with E-state index >= 15 is 0 Å². The van der Waals surface area contributed by atoms with Crippen LogP contribution >= 0.6 is 0 Å². The van der Waals surface area contributed by atoms with Crippen LogP contribution in [0.1, 0.15) is 29.9 Å². The Hall–Kier alpha value is -2.34. The summed E-state index contributed by atoms with van der Waals surface area (Å²) in [6.45, 7) is 4.56. The van der Waals surface area contributed by atoms with Gasteiger partial charge in [-0.05, 0) is 19.4 Å². The summed E-state index contributed by atoms with van der Waals surface area (Å²) in [5, 5.41) is 13.9. The second-order valence-electron chi connectivity index (χ2n) is 4.55.